The fourth-order valence-electron chi connectivity index (χ4n) is 7.90. The normalized spacial score (nSPS) is 13.5. The fraction of sp³-hybridized carbons (Fsp3) is 0.180. The Morgan fingerprint density at radius 3 is 2.24 bits per heavy atom. The molecule has 0 unspecified atom stereocenters. The van der Waals surface area contributed by atoms with Crippen LogP contribution in [0.15, 0.2) is 138 Å². The van der Waals surface area contributed by atoms with E-state index in [2.05, 4.69) is 135 Å². The van der Waals surface area contributed by atoms with Crippen LogP contribution in [-0.2, 0) is 20.1 Å². The first-order valence-corrected chi connectivity index (χ1v) is 23.5. The molecule has 0 saturated heterocycles. The zero-order valence-electron chi connectivity index (χ0n) is 31.4. The number of pyridine rings is 1. The van der Waals surface area contributed by atoms with Crippen molar-refractivity contribution in [2.24, 2.45) is 0 Å². The molecular weight excluding hydrogens is 883 g/mol. The van der Waals surface area contributed by atoms with E-state index in [1.807, 2.05) is 47.9 Å². The van der Waals surface area contributed by atoms with Gasteiger partial charge in [-0.2, -0.15) is 59.9 Å². The molecule has 2 nitrogen and oxygen atoms in total. The van der Waals surface area contributed by atoms with Crippen LogP contribution in [0.1, 0.15) is 43.6 Å². The Labute approximate surface area is 342 Å². The zero-order valence-corrected chi connectivity index (χ0v) is 35.6. The van der Waals surface area contributed by atoms with Crippen molar-refractivity contribution in [2.45, 2.75) is 57.7 Å². The standard InChI is InChI=1S/C35H26NOS.C15H16Si.Ir/c1-2-7-22(8-3-1)23-17-18-36-31(19-23)25-14-16-29-30-11-6-10-26(35(30)38-34(29)21-25)24-13-15-28-27-9-4-5-12-32(27)37-33(28)20-24;1-16(2,3)15-11-9-14(10-12-15)13-7-5-4-6-8-13;/h4-6,9-20,22H,1-3,7-8H2;4-7,9,11-12H,1-3H3;/q-1;-2;+3. The van der Waals surface area contributed by atoms with Crippen molar-refractivity contribution >= 4 is 66.7 Å². The molecule has 1 aliphatic rings. The number of para-hydroxylation sites is 1. The quantitative estimate of drug-likeness (QED) is 0.127. The Hall–Kier alpha value is -4.64. The third-order valence-corrected chi connectivity index (χ3v) is 14.1. The molecule has 3 aromatic heterocycles. The monoisotopic (exact) mass is 925 g/mol. The maximum Gasteiger partial charge on any atom is 3.00 e. The minimum atomic E-state index is -1.20. The summed E-state index contributed by atoms with van der Waals surface area (Å²) < 4.78 is 8.66. The van der Waals surface area contributed by atoms with Gasteiger partial charge in [0.25, 0.3) is 0 Å². The smallest absolute Gasteiger partial charge is 0.456 e. The van der Waals surface area contributed by atoms with E-state index in [0.717, 1.165) is 44.3 Å². The number of aromatic nitrogens is 1. The predicted octanol–water partition coefficient (Wildman–Crippen LogP) is 14.0. The molecule has 0 bridgehead atoms. The molecule has 0 atom stereocenters. The molecule has 0 aliphatic heterocycles. The summed E-state index contributed by atoms with van der Waals surface area (Å²) in [5.41, 5.74) is 10.1. The molecule has 1 fully saturated rings. The molecule has 1 saturated carbocycles. The first-order chi connectivity index (χ1) is 26.4. The third-order valence-electron chi connectivity index (χ3n) is 10.9. The van der Waals surface area contributed by atoms with Crippen LogP contribution in [0.3, 0.4) is 0 Å². The number of nitrogens with zero attached hydrogens (tertiary/aromatic N) is 1. The molecule has 272 valence electrons. The number of hydrogen-bond donors (Lipinski definition) is 0. The minimum Gasteiger partial charge on any atom is -0.456 e. The SMILES string of the molecule is C[Si](C)(C)c1c[c-]c(-c2[c-]cccc2)cc1.[Ir+3].[c-]1c(-c2cc(C3CCCCC3)ccn2)ccc2c1sc1c(-c3ccc4c(c3)oc3ccccc34)cccc12. The van der Waals surface area contributed by atoms with Crippen LogP contribution in [0.25, 0.3) is 75.6 Å². The topological polar surface area (TPSA) is 26.0 Å². The van der Waals surface area contributed by atoms with E-state index in [0.29, 0.717) is 5.92 Å². The number of furan rings is 1. The molecule has 0 spiro atoms. The predicted molar refractivity (Wildman–Crippen MR) is 232 cm³/mol. The van der Waals surface area contributed by atoms with Crippen LogP contribution in [0.5, 0.6) is 0 Å². The largest absolute Gasteiger partial charge is 3.00 e. The van der Waals surface area contributed by atoms with E-state index < -0.39 is 8.07 Å². The summed E-state index contributed by atoms with van der Waals surface area (Å²) in [6.07, 6.45) is 8.63. The molecule has 3 heterocycles. The van der Waals surface area contributed by atoms with E-state index in [1.54, 1.807) is 0 Å². The zero-order chi connectivity index (χ0) is 36.6. The molecule has 6 aromatic carbocycles. The van der Waals surface area contributed by atoms with E-state index in [-0.39, 0.29) is 20.1 Å². The van der Waals surface area contributed by atoms with Gasteiger partial charge in [0.05, 0.1) is 0 Å². The first-order valence-electron chi connectivity index (χ1n) is 19.1. The number of fused-ring (bicyclic) bond motifs is 6. The van der Waals surface area contributed by atoms with Crippen LogP contribution >= 0.6 is 11.3 Å². The molecule has 0 N–H and O–H groups in total. The summed E-state index contributed by atoms with van der Waals surface area (Å²) >= 11 is 1.82. The van der Waals surface area contributed by atoms with E-state index in [4.69, 9.17) is 9.40 Å². The van der Waals surface area contributed by atoms with E-state index >= 15 is 0 Å². The number of benzene rings is 6. The average molecular weight is 925 g/mol. The van der Waals surface area contributed by atoms with Crippen LogP contribution in [0, 0.1) is 18.2 Å². The van der Waals surface area contributed by atoms with E-state index in [9.17, 15) is 0 Å². The first kappa shape index (κ1) is 37.3. The van der Waals surface area contributed by atoms with Crippen molar-refractivity contribution < 1.29 is 24.5 Å². The molecule has 1 aliphatic carbocycles. The Morgan fingerprint density at radius 2 is 1.44 bits per heavy atom. The van der Waals surface area contributed by atoms with Gasteiger partial charge in [-0.15, -0.1) is 35.0 Å². The van der Waals surface area contributed by atoms with Crippen LogP contribution in [-0.4, -0.2) is 13.1 Å². The van der Waals surface area contributed by atoms with Gasteiger partial charge in [-0.3, -0.25) is 0 Å². The Kier molecular flexibility index (Phi) is 10.7. The van der Waals surface area contributed by atoms with Crippen molar-refractivity contribution in [1.82, 2.24) is 4.98 Å². The molecule has 0 amide bonds. The summed E-state index contributed by atoms with van der Waals surface area (Å²) in [6, 6.07) is 55.3. The van der Waals surface area contributed by atoms with Gasteiger partial charge in [-0.05, 0) is 69.9 Å². The van der Waals surface area contributed by atoms with Gasteiger partial charge in [0, 0.05) is 29.7 Å². The van der Waals surface area contributed by atoms with Gasteiger partial charge in [0.1, 0.15) is 11.2 Å². The Morgan fingerprint density at radius 1 is 0.673 bits per heavy atom. The Balaban J connectivity index is 0.000000212. The maximum atomic E-state index is 6.19. The number of rotatable bonds is 5. The van der Waals surface area contributed by atoms with Gasteiger partial charge >= 0.3 is 20.1 Å². The second-order valence-electron chi connectivity index (χ2n) is 15.5. The molecule has 0 radical (unpaired) electrons. The van der Waals surface area contributed by atoms with Crippen molar-refractivity contribution in [1.29, 1.82) is 0 Å². The molecule has 10 rings (SSSR count). The second-order valence-corrected chi connectivity index (χ2v) is 21.6. The van der Waals surface area contributed by atoms with Crippen molar-refractivity contribution in [3.63, 3.8) is 0 Å². The number of thiophene rings is 1. The van der Waals surface area contributed by atoms with Crippen molar-refractivity contribution in [3.8, 4) is 33.5 Å². The van der Waals surface area contributed by atoms with Crippen LogP contribution < -0.4 is 5.19 Å². The van der Waals surface area contributed by atoms with Crippen molar-refractivity contribution in [3.05, 3.63) is 157 Å². The Bertz CT molecular complexity index is 2740. The van der Waals surface area contributed by atoms with Crippen LogP contribution in [0.2, 0.25) is 19.6 Å². The number of hydrogen-bond acceptors (Lipinski definition) is 3. The summed E-state index contributed by atoms with van der Waals surface area (Å²) in [4.78, 5) is 4.74. The molecular formula is C50H42IrNOSSi. The van der Waals surface area contributed by atoms with Gasteiger partial charge in [0.2, 0.25) is 0 Å². The summed E-state index contributed by atoms with van der Waals surface area (Å²) in [6.45, 7) is 7.06. The summed E-state index contributed by atoms with van der Waals surface area (Å²) in [5, 5.41) is 6.31. The minimum absolute atomic E-state index is 0. The van der Waals surface area contributed by atoms with Gasteiger partial charge in [-0.1, -0.05) is 98.4 Å². The summed E-state index contributed by atoms with van der Waals surface area (Å²) in [5.74, 6) is 0.671. The molecule has 5 heteroatoms. The van der Waals surface area contributed by atoms with Crippen LogP contribution in [0.4, 0.5) is 0 Å². The van der Waals surface area contributed by atoms with Crippen molar-refractivity contribution in [2.75, 3.05) is 0 Å². The van der Waals surface area contributed by atoms with E-state index in [1.165, 1.54) is 74.2 Å². The average Bonchev–Trinajstić information content (AvgIpc) is 3.79. The molecule has 55 heavy (non-hydrogen) atoms. The fourth-order valence-corrected chi connectivity index (χ4v) is 10.2. The van der Waals surface area contributed by atoms with Gasteiger partial charge in [-0.25, -0.2) is 11.1 Å². The van der Waals surface area contributed by atoms with Gasteiger partial charge < -0.3 is 9.40 Å². The molecule has 9 aromatic rings. The third kappa shape index (κ3) is 7.64. The summed E-state index contributed by atoms with van der Waals surface area (Å²) in [7, 11) is -1.20. The van der Waals surface area contributed by atoms with Gasteiger partial charge in [0.15, 0.2) is 0 Å². The maximum absolute atomic E-state index is 6.19. The second kappa shape index (κ2) is 15.8.